The summed E-state index contributed by atoms with van der Waals surface area (Å²) < 4.78 is 0. The first-order valence-corrected chi connectivity index (χ1v) is 2.17. The first-order chi connectivity index (χ1) is 3.79. The molecule has 3 radical (unpaired) electrons. The van der Waals surface area contributed by atoms with Crippen LogP contribution in [0.15, 0.2) is 23.1 Å². The van der Waals surface area contributed by atoms with E-state index in [0.717, 1.165) is 6.07 Å². The number of aromatic hydroxyl groups is 1. The van der Waals surface area contributed by atoms with Crippen molar-refractivity contribution >= 4 is 88.7 Å². The number of hydrogen-bond acceptors (Lipinski definition) is 2. The molecule has 1 rings (SSSR count). The van der Waals surface area contributed by atoms with Gasteiger partial charge in [0.1, 0.15) is 5.75 Å². The molecule has 45 valence electrons. The molecule has 0 spiro atoms. The number of H-pyrrole nitrogens is 1. The summed E-state index contributed by atoms with van der Waals surface area (Å²) in [5.74, 6) is -0.00579. The molecule has 1 aromatic rings. The van der Waals surface area contributed by atoms with Crippen LogP contribution in [0, 0.1) is 0 Å². The Morgan fingerprint density at radius 1 is 1.27 bits per heavy atom. The molecule has 0 amide bonds. The quantitative estimate of drug-likeness (QED) is 0.500. The number of hydrogen-bond donors (Lipinski definition) is 2. The molecule has 0 aliphatic rings. The Morgan fingerprint density at radius 2 is 1.82 bits per heavy atom. The molecular formula is C5H5NNa3O2. The van der Waals surface area contributed by atoms with Gasteiger partial charge in [0, 0.05) is 101 Å². The molecule has 11 heavy (non-hydrogen) atoms. The molecule has 0 aliphatic carbocycles. The van der Waals surface area contributed by atoms with Gasteiger partial charge in [0.25, 0.3) is 5.56 Å². The maximum absolute atomic E-state index is 10.3. The molecule has 1 heterocycles. The van der Waals surface area contributed by atoms with Crippen LogP contribution in [-0.4, -0.2) is 98.8 Å². The first-order valence-electron chi connectivity index (χ1n) is 2.17. The molecule has 0 atom stereocenters. The smallest absolute Gasteiger partial charge is 0.251 e. The van der Waals surface area contributed by atoms with Gasteiger partial charge in [-0.15, -0.1) is 0 Å². The van der Waals surface area contributed by atoms with Crippen LogP contribution >= 0.6 is 0 Å². The van der Waals surface area contributed by atoms with Crippen molar-refractivity contribution in [3.05, 3.63) is 28.7 Å². The Kier molecular flexibility index (Phi) is 16.6. The molecule has 2 N–H and O–H groups in total. The molecule has 0 fully saturated rings. The fraction of sp³-hybridized carbons (Fsp3) is 0. The summed E-state index contributed by atoms with van der Waals surface area (Å²) in [5.41, 5.74) is -0.287. The van der Waals surface area contributed by atoms with Crippen molar-refractivity contribution in [2.24, 2.45) is 0 Å². The van der Waals surface area contributed by atoms with Gasteiger partial charge in [-0.25, -0.2) is 0 Å². The maximum atomic E-state index is 10.3. The van der Waals surface area contributed by atoms with Crippen LogP contribution < -0.4 is 5.56 Å². The van der Waals surface area contributed by atoms with Crippen LogP contribution in [-0.2, 0) is 0 Å². The van der Waals surface area contributed by atoms with E-state index in [1.165, 1.54) is 12.3 Å². The van der Waals surface area contributed by atoms with Crippen LogP contribution in [0.1, 0.15) is 0 Å². The summed E-state index contributed by atoms with van der Waals surface area (Å²) in [6, 6.07) is 2.52. The van der Waals surface area contributed by atoms with Gasteiger partial charge < -0.3 is 10.1 Å². The van der Waals surface area contributed by atoms with Crippen LogP contribution in [0.4, 0.5) is 0 Å². The van der Waals surface area contributed by atoms with Gasteiger partial charge in [-0.1, -0.05) is 0 Å². The van der Waals surface area contributed by atoms with E-state index in [2.05, 4.69) is 4.98 Å². The van der Waals surface area contributed by atoms with Gasteiger partial charge in [-0.2, -0.15) is 0 Å². The SMILES string of the molecule is O=c1cc(O)cc[nH]1.[Na].[Na].[Na]. The summed E-state index contributed by atoms with van der Waals surface area (Å²) in [4.78, 5) is 12.6. The van der Waals surface area contributed by atoms with Crippen LogP contribution in [0.25, 0.3) is 0 Å². The van der Waals surface area contributed by atoms with Gasteiger partial charge in [-0.3, -0.25) is 4.79 Å². The third kappa shape index (κ3) is 8.09. The van der Waals surface area contributed by atoms with Gasteiger partial charge in [0.05, 0.1) is 0 Å². The number of rotatable bonds is 0. The minimum atomic E-state index is -0.287. The third-order valence-corrected chi connectivity index (χ3v) is 0.759. The van der Waals surface area contributed by atoms with E-state index in [-0.39, 0.29) is 100.0 Å². The molecule has 0 saturated heterocycles. The average Bonchev–Trinajstić information content (AvgIpc) is 1.64. The fourth-order valence-electron chi connectivity index (χ4n) is 0.433. The van der Waals surface area contributed by atoms with Crippen molar-refractivity contribution in [2.45, 2.75) is 0 Å². The van der Waals surface area contributed by atoms with E-state index in [9.17, 15) is 4.79 Å². The Morgan fingerprint density at radius 3 is 2.09 bits per heavy atom. The van der Waals surface area contributed by atoms with E-state index in [1.54, 1.807) is 0 Å². The molecule has 1 aromatic heterocycles. The molecule has 0 saturated carbocycles. The Hall–Kier alpha value is 1.75. The van der Waals surface area contributed by atoms with E-state index < -0.39 is 0 Å². The first kappa shape index (κ1) is 18.5. The minimum absolute atomic E-state index is 0. The normalized spacial score (nSPS) is 6.55. The largest absolute Gasteiger partial charge is 0.508 e. The summed E-state index contributed by atoms with van der Waals surface area (Å²) >= 11 is 0. The minimum Gasteiger partial charge on any atom is -0.508 e. The van der Waals surface area contributed by atoms with Gasteiger partial charge >= 0.3 is 0 Å². The van der Waals surface area contributed by atoms with Gasteiger partial charge in [0.15, 0.2) is 0 Å². The Labute approximate surface area is 131 Å². The fourth-order valence-corrected chi connectivity index (χ4v) is 0.433. The summed E-state index contributed by atoms with van der Waals surface area (Å²) in [5, 5.41) is 8.59. The second-order valence-corrected chi connectivity index (χ2v) is 1.41. The Balaban J connectivity index is -0.000000213. The monoisotopic (exact) mass is 180 g/mol. The zero-order valence-corrected chi connectivity index (χ0v) is 13.1. The molecule has 6 heteroatoms. The van der Waals surface area contributed by atoms with Crippen molar-refractivity contribution in [3.8, 4) is 5.75 Å². The summed E-state index contributed by atoms with van der Waals surface area (Å²) in [6.45, 7) is 0. The number of pyridine rings is 1. The predicted molar refractivity (Wildman–Crippen MR) is 46.0 cm³/mol. The topological polar surface area (TPSA) is 53.1 Å². The standard InChI is InChI=1S/C5H5NO2.3Na/c7-4-1-2-6-5(8)3-4;;;/h1-3H,(H2,6,7,8);;;. The summed E-state index contributed by atoms with van der Waals surface area (Å²) in [6.07, 6.45) is 1.39. The number of aromatic amines is 1. The number of aromatic nitrogens is 1. The van der Waals surface area contributed by atoms with Crippen molar-refractivity contribution in [2.75, 3.05) is 0 Å². The third-order valence-electron chi connectivity index (χ3n) is 0.759. The summed E-state index contributed by atoms with van der Waals surface area (Å²) in [7, 11) is 0. The molecule has 0 unspecified atom stereocenters. The van der Waals surface area contributed by atoms with Crippen molar-refractivity contribution < 1.29 is 5.11 Å². The maximum Gasteiger partial charge on any atom is 0.251 e. The van der Waals surface area contributed by atoms with Crippen molar-refractivity contribution in [1.29, 1.82) is 0 Å². The van der Waals surface area contributed by atoms with E-state index in [4.69, 9.17) is 5.11 Å². The van der Waals surface area contributed by atoms with Crippen LogP contribution in [0.3, 0.4) is 0 Å². The average molecular weight is 180 g/mol. The van der Waals surface area contributed by atoms with Crippen molar-refractivity contribution in [1.82, 2.24) is 4.98 Å². The van der Waals surface area contributed by atoms with Crippen molar-refractivity contribution in [3.63, 3.8) is 0 Å². The second kappa shape index (κ2) is 9.84. The zero-order chi connectivity index (χ0) is 5.98. The van der Waals surface area contributed by atoms with E-state index in [0.29, 0.717) is 0 Å². The molecule has 0 aliphatic heterocycles. The number of nitrogens with one attached hydrogen (secondary N) is 1. The van der Waals surface area contributed by atoms with E-state index in [1.807, 2.05) is 0 Å². The van der Waals surface area contributed by atoms with Crippen LogP contribution in [0.2, 0.25) is 0 Å². The van der Waals surface area contributed by atoms with Crippen LogP contribution in [0.5, 0.6) is 5.75 Å². The van der Waals surface area contributed by atoms with Gasteiger partial charge in [-0.05, 0) is 6.07 Å². The molecule has 0 bridgehead atoms. The van der Waals surface area contributed by atoms with Gasteiger partial charge in [0.2, 0.25) is 0 Å². The molecule has 3 nitrogen and oxygen atoms in total. The Bertz CT molecular complexity index is 237. The molecular weight excluding hydrogens is 175 g/mol. The second-order valence-electron chi connectivity index (χ2n) is 1.41. The predicted octanol–water partition coefficient (Wildman–Crippen LogP) is -1.06. The molecule has 0 aromatic carbocycles. The van der Waals surface area contributed by atoms with E-state index >= 15 is 0 Å². The zero-order valence-electron chi connectivity index (χ0n) is 7.09.